The number of nitrogens with zero attached hydrogens (tertiary/aromatic N) is 4. The Kier molecular flexibility index (Phi) is 7.05. The number of hydrogen-bond donors (Lipinski definition) is 1. The molecular weight excluding hydrogens is 418 g/mol. The molecule has 0 spiro atoms. The van der Waals surface area contributed by atoms with Crippen molar-refractivity contribution in [3.63, 3.8) is 0 Å². The number of thiazole rings is 1. The maximum Gasteiger partial charge on any atom is 0.222 e. The third-order valence-corrected chi connectivity index (χ3v) is 7.39. The normalized spacial score (nSPS) is 14.3. The molecule has 1 fully saturated rings. The lowest BCUT2D eigenvalue weighted by Gasteiger charge is -2.24. The summed E-state index contributed by atoms with van der Waals surface area (Å²) in [5.74, 6) is 0.106. The molecule has 1 aromatic carbocycles. The molecule has 0 bridgehead atoms. The van der Waals surface area contributed by atoms with Crippen LogP contribution in [0.15, 0.2) is 29.3 Å². The van der Waals surface area contributed by atoms with E-state index in [0.717, 1.165) is 32.7 Å². The minimum atomic E-state index is 0.106. The van der Waals surface area contributed by atoms with Gasteiger partial charge < -0.3 is 14.7 Å². The second kappa shape index (κ2) is 9.36. The number of amides is 2. The van der Waals surface area contributed by atoms with Crippen molar-refractivity contribution in [2.24, 2.45) is 0 Å². The van der Waals surface area contributed by atoms with Crippen LogP contribution >= 0.6 is 23.3 Å². The van der Waals surface area contributed by atoms with Gasteiger partial charge in [-0.1, -0.05) is 0 Å². The standard InChI is InChI=1S/C21H29N5O2S2/c1-21(10-11-21)23-30-15-6-8-17(25(4)14-27)18(12-15)26(5)20-22-13-16(29-20)7-9-19(28)24(2)3/h6,8,12-14,23H,7,9-11H2,1-5H3. The van der Waals surface area contributed by atoms with Crippen LogP contribution in [0.4, 0.5) is 16.5 Å². The molecule has 162 valence electrons. The maximum absolute atomic E-state index is 11.9. The summed E-state index contributed by atoms with van der Waals surface area (Å²) in [6, 6.07) is 6.06. The quantitative estimate of drug-likeness (QED) is 0.443. The Balaban J connectivity index is 1.79. The highest BCUT2D eigenvalue weighted by molar-refractivity contribution is 7.97. The number of anilines is 3. The van der Waals surface area contributed by atoms with Gasteiger partial charge in [0.2, 0.25) is 12.3 Å². The molecule has 2 amide bonds. The molecule has 1 N–H and O–H groups in total. The van der Waals surface area contributed by atoms with Gasteiger partial charge in [0.1, 0.15) is 0 Å². The number of aromatic nitrogens is 1. The van der Waals surface area contributed by atoms with Gasteiger partial charge in [0.25, 0.3) is 0 Å². The van der Waals surface area contributed by atoms with Crippen LogP contribution in [0.3, 0.4) is 0 Å². The van der Waals surface area contributed by atoms with E-state index in [2.05, 4.69) is 22.7 Å². The minimum absolute atomic E-state index is 0.106. The summed E-state index contributed by atoms with van der Waals surface area (Å²) in [5, 5.41) is 0.826. The number of carbonyl (C=O) groups excluding carboxylic acids is 2. The highest BCUT2D eigenvalue weighted by Crippen LogP contribution is 2.40. The molecule has 30 heavy (non-hydrogen) atoms. The number of carbonyl (C=O) groups is 2. The van der Waals surface area contributed by atoms with E-state index in [-0.39, 0.29) is 11.4 Å². The van der Waals surface area contributed by atoms with Crippen LogP contribution in [0.1, 0.15) is 31.1 Å². The largest absolute Gasteiger partial charge is 0.349 e. The van der Waals surface area contributed by atoms with Crippen molar-refractivity contribution in [1.29, 1.82) is 0 Å². The van der Waals surface area contributed by atoms with E-state index < -0.39 is 0 Å². The lowest BCUT2D eigenvalue weighted by atomic mass is 10.2. The van der Waals surface area contributed by atoms with Crippen molar-refractivity contribution in [2.45, 2.75) is 43.0 Å². The first kappa shape index (κ1) is 22.6. The Bertz CT molecular complexity index is 911. The summed E-state index contributed by atoms with van der Waals surface area (Å²) in [7, 11) is 7.23. The summed E-state index contributed by atoms with van der Waals surface area (Å²) >= 11 is 3.19. The second-order valence-electron chi connectivity index (χ2n) is 8.09. The average molecular weight is 448 g/mol. The van der Waals surface area contributed by atoms with Gasteiger partial charge in [-0.25, -0.2) is 4.98 Å². The highest BCUT2D eigenvalue weighted by atomic mass is 32.2. The summed E-state index contributed by atoms with van der Waals surface area (Å²) in [6.45, 7) is 2.22. The monoisotopic (exact) mass is 447 g/mol. The Morgan fingerprint density at radius 3 is 2.63 bits per heavy atom. The van der Waals surface area contributed by atoms with Gasteiger partial charge in [0.05, 0.1) is 11.4 Å². The SMILES string of the molecule is CN(C)C(=O)CCc1cnc(N(C)c2cc(SNC3(C)CC3)ccc2N(C)C=O)s1. The van der Waals surface area contributed by atoms with Crippen molar-refractivity contribution in [2.75, 3.05) is 38.0 Å². The Morgan fingerprint density at radius 1 is 1.27 bits per heavy atom. The number of rotatable bonds is 10. The fourth-order valence-corrected chi connectivity index (χ4v) is 4.55. The van der Waals surface area contributed by atoms with Gasteiger partial charge in [0, 0.05) is 56.1 Å². The molecule has 0 atom stereocenters. The summed E-state index contributed by atoms with van der Waals surface area (Å²) in [4.78, 5) is 35.2. The van der Waals surface area contributed by atoms with E-state index in [1.807, 2.05) is 30.3 Å². The third kappa shape index (κ3) is 5.53. The Morgan fingerprint density at radius 2 is 2.00 bits per heavy atom. The van der Waals surface area contributed by atoms with Crippen LogP contribution in [0.2, 0.25) is 0 Å². The average Bonchev–Trinajstić information content (AvgIpc) is 3.29. The fourth-order valence-electron chi connectivity index (χ4n) is 2.79. The van der Waals surface area contributed by atoms with Crippen LogP contribution < -0.4 is 14.5 Å². The van der Waals surface area contributed by atoms with Crippen molar-refractivity contribution < 1.29 is 9.59 Å². The van der Waals surface area contributed by atoms with Crippen LogP contribution in [-0.2, 0) is 16.0 Å². The van der Waals surface area contributed by atoms with Gasteiger partial charge >= 0.3 is 0 Å². The highest BCUT2D eigenvalue weighted by Gasteiger charge is 2.37. The molecular formula is C21H29N5O2S2. The zero-order chi connectivity index (χ0) is 21.9. The van der Waals surface area contributed by atoms with E-state index >= 15 is 0 Å². The lowest BCUT2D eigenvalue weighted by Crippen LogP contribution is -2.21. The van der Waals surface area contributed by atoms with Crippen LogP contribution in [0.25, 0.3) is 0 Å². The number of nitrogens with one attached hydrogen (secondary N) is 1. The van der Waals surface area contributed by atoms with Crippen LogP contribution in [-0.4, -0.2) is 55.9 Å². The number of benzene rings is 1. The van der Waals surface area contributed by atoms with Crippen molar-refractivity contribution in [1.82, 2.24) is 14.6 Å². The molecule has 9 heteroatoms. The first-order chi connectivity index (χ1) is 14.2. The van der Waals surface area contributed by atoms with Gasteiger partial charge in [-0.2, -0.15) is 0 Å². The fraction of sp³-hybridized carbons (Fsp3) is 0.476. The smallest absolute Gasteiger partial charge is 0.222 e. The number of hydrogen-bond acceptors (Lipinski definition) is 7. The second-order valence-corrected chi connectivity index (χ2v) is 10.1. The number of aryl methyl sites for hydroxylation is 1. The lowest BCUT2D eigenvalue weighted by molar-refractivity contribution is -0.128. The summed E-state index contributed by atoms with van der Waals surface area (Å²) < 4.78 is 3.52. The molecule has 1 aliphatic rings. The molecule has 1 aliphatic carbocycles. The third-order valence-electron chi connectivity index (χ3n) is 5.17. The summed E-state index contributed by atoms with van der Waals surface area (Å²) in [6.07, 6.45) is 6.16. The van der Waals surface area contributed by atoms with Gasteiger partial charge in [0.15, 0.2) is 5.13 Å². The first-order valence-corrected chi connectivity index (χ1v) is 11.5. The molecule has 1 heterocycles. The van der Waals surface area contributed by atoms with E-state index in [1.165, 1.54) is 12.8 Å². The van der Waals surface area contributed by atoms with Crippen molar-refractivity contribution in [3.8, 4) is 0 Å². The van der Waals surface area contributed by atoms with E-state index in [4.69, 9.17) is 0 Å². The minimum Gasteiger partial charge on any atom is -0.349 e. The predicted molar refractivity (Wildman–Crippen MR) is 125 cm³/mol. The molecule has 0 unspecified atom stereocenters. The summed E-state index contributed by atoms with van der Waals surface area (Å²) in [5.41, 5.74) is 1.94. The topological polar surface area (TPSA) is 68.8 Å². The zero-order valence-corrected chi connectivity index (χ0v) is 19.8. The predicted octanol–water partition coefficient (Wildman–Crippen LogP) is 3.67. The molecule has 0 aliphatic heterocycles. The van der Waals surface area contributed by atoms with E-state index in [9.17, 15) is 9.59 Å². The molecule has 2 aromatic rings. The molecule has 0 saturated heterocycles. The van der Waals surface area contributed by atoms with Crippen LogP contribution in [0.5, 0.6) is 0 Å². The van der Waals surface area contributed by atoms with Gasteiger partial charge in [-0.15, -0.1) is 11.3 Å². The van der Waals surface area contributed by atoms with Gasteiger partial charge in [-0.3, -0.25) is 14.3 Å². The Labute approximate surface area is 186 Å². The van der Waals surface area contributed by atoms with Crippen molar-refractivity contribution >= 4 is 52.1 Å². The van der Waals surface area contributed by atoms with E-state index in [1.54, 1.807) is 54.2 Å². The molecule has 1 saturated carbocycles. The van der Waals surface area contributed by atoms with Gasteiger partial charge in [-0.05, 0) is 56.3 Å². The Hall–Kier alpha value is -2.10. The molecule has 0 radical (unpaired) electrons. The van der Waals surface area contributed by atoms with Crippen molar-refractivity contribution in [3.05, 3.63) is 29.3 Å². The molecule has 1 aromatic heterocycles. The zero-order valence-electron chi connectivity index (χ0n) is 18.1. The van der Waals surface area contributed by atoms with Crippen LogP contribution in [0, 0.1) is 0 Å². The van der Waals surface area contributed by atoms with E-state index in [0.29, 0.717) is 12.8 Å². The first-order valence-electron chi connectivity index (χ1n) is 9.87. The molecule has 3 rings (SSSR count). The molecule has 7 nitrogen and oxygen atoms in total. The maximum atomic E-state index is 11.9.